The lowest BCUT2D eigenvalue weighted by Gasteiger charge is -1.90. The van der Waals surface area contributed by atoms with Gasteiger partial charge in [-0.25, -0.2) is 4.39 Å². The highest BCUT2D eigenvalue weighted by atomic mass is 19.1. The fourth-order valence-corrected chi connectivity index (χ4v) is 1.06. The van der Waals surface area contributed by atoms with Crippen LogP contribution < -0.4 is 11.5 Å². The Hall–Kier alpha value is -2.63. The van der Waals surface area contributed by atoms with E-state index in [-0.39, 0.29) is 11.5 Å². The largest absolute Gasteiger partial charge is 0.399 e. The van der Waals surface area contributed by atoms with E-state index in [1.165, 1.54) is 48.5 Å². The van der Waals surface area contributed by atoms with Gasteiger partial charge in [-0.1, -0.05) is 0 Å². The van der Waals surface area contributed by atoms with Gasteiger partial charge in [0.25, 0.3) is 5.69 Å². The lowest BCUT2D eigenvalue weighted by atomic mass is 10.3. The quantitative estimate of drug-likeness (QED) is 0.461. The molecule has 0 unspecified atom stereocenters. The Bertz CT molecular complexity index is 491. The minimum absolute atomic E-state index is 0.0641. The van der Waals surface area contributed by atoms with Crippen molar-refractivity contribution in [2.24, 2.45) is 0 Å². The van der Waals surface area contributed by atoms with Crippen LogP contribution in [-0.2, 0) is 0 Å². The Labute approximate surface area is 103 Å². The second-order valence-electron chi connectivity index (χ2n) is 3.40. The molecule has 2 rings (SSSR count). The van der Waals surface area contributed by atoms with E-state index in [0.29, 0.717) is 11.4 Å². The summed E-state index contributed by atoms with van der Waals surface area (Å²) >= 11 is 0. The van der Waals surface area contributed by atoms with Gasteiger partial charge in [0, 0.05) is 23.5 Å². The molecule has 0 fully saturated rings. The van der Waals surface area contributed by atoms with Crippen molar-refractivity contribution in [2.75, 3.05) is 11.5 Å². The van der Waals surface area contributed by atoms with E-state index in [0.717, 1.165) is 0 Å². The maximum Gasteiger partial charge on any atom is 0.269 e. The molecular formula is C12H12FN3O2. The molecule has 94 valence electrons. The Balaban J connectivity index is 0.000000184. The van der Waals surface area contributed by atoms with Crippen LogP contribution in [0.25, 0.3) is 0 Å². The average Bonchev–Trinajstić information content (AvgIpc) is 2.34. The Morgan fingerprint density at radius 2 is 1.28 bits per heavy atom. The SMILES string of the molecule is Nc1ccc(F)cc1.Nc1ccc([N+](=O)[O-])cc1. The number of benzene rings is 2. The maximum absolute atomic E-state index is 12.0. The Kier molecular flexibility index (Phi) is 4.62. The van der Waals surface area contributed by atoms with E-state index in [2.05, 4.69) is 0 Å². The first-order chi connectivity index (χ1) is 8.49. The number of nitrogens with two attached hydrogens (primary N) is 2. The summed E-state index contributed by atoms with van der Waals surface area (Å²) in [7, 11) is 0. The van der Waals surface area contributed by atoms with Crippen molar-refractivity contribution < 1.29 is 9.31 Å². The molecule has 0 saturated heterocycles. The van der Waals surface area contributed by atoms with Crippen LogP contribution in [0.5, 0.6) is 0 Å². The monoisotopic (exact) mass is 249 g/mol. The summed E-state index contributed by atoms with van der Waals surface area (Å²) in [6.07, 6.45) is 0. The second-order valence-corrected chi connectivity index (χ2v) is 3.40. The topological polar surface area (TPSA) is 95.2 Å². The third kappa shape index (κ3) is 4.48. The summed E-state index contributed by atoms with van der Waals surface area (Å²) in [5.74, 6) is -0.251. The molecule has 0 heterocycles. The molecular weight excluding hydrogens is 237 g/mol. The van der Waals surface area contributed by atoms with Gasteiger partial charge in [-0.15, -0.1) is 0 Å². The van der Waals surface area contributed by atoms with Gasteiger partial charge >= 0.3 is 0 Å². The summed E-state index contributed by atoms with van der Waals surface area (Å²) in [5, 5.41) is 10.1. The lowest BCUT2D eigenvalue weighted by molar-refractivity contribution is -0.384. The number of halogens is 1. The molecule has 5 nitrogen and oxygen atoms in total. The van der Waals surface area contributed by atoms with Crippen LogP contribution in [-0.4, -0.2) is 4.92 Å². The molecule has 0 saturated carbocycles. The first kappa shape index (κ1) is 13.4. The van der Waals surface area contributed by atoms with E-state index in [9.17, 15) is 14.5 Å². The third-order valence-electron chi connectivity index (χ3n) is 1.97. The van der Waals surface area contributed by atoms with E-state index in [1.54, 1.807) is 0 Å². The molecule has 0 aliphatic rings. The average molecular weight is 249 g/mol. The number of nitrogen functional groups attached to an aromatic ring is 2. The van der Waals surface area contributed by atoms with Crippen molar-refractivity contribution in [1.82, 2.24) is 0 Å². The Morgan fingerprint density at radius 3 is 1.61 bits per heavy atom. The van der Waals surface area contributed by atoms with Gasteiger partial charge < -0.3 is 11.5 Å². The molecule has 6 heteroatoms. The van der Waals surface area contributed by atoms with Crippen LogP contribution in [0.1, 0.15) is 0 Å². The van der Waals surface area contributed by atoms with Crippen molar-refractivity contribution in [1.29, 1.82) is 0 Å². The number of nitro groups is 1. The van der Waals surface area contributed by atoms with Crippen LogP contribution in [0.2, 0.25) is 0 Å². The number of hydrogen-bond acceptors (Lipinski definition) is 4. The summed E-state index contributed by atoms with van der Waals surface area (Å²) < 4.78 is 12.0. The molecule has 0 aliphatic heterocycles. The van der Waals surface area contributed by atoms with Gasteiger partial charge in [-0.3, -0.25) is 10.1 Å². The van der Waals surface area contributed by atoms with E-state index in [4.69, 9.17) is 11.5 Å². The molecule has 0 spiro atoms. The first-order valence-corrected chi connectivity index (χ1v) is 5.00. The number of anilines is 2. The van der Waals surface area contributed by atoms with Crippen molar-refractivity contribution in [3.63, 3.8) is 0 Å². The standard InChI is InChI=1S/C6H6FN.C6H6N2O2/c7-5-1-3-6(8)4-2-5;7-5-1-3-6(4-2-5)8(9)10/h1-4H,8H2;1-4H,7H2. The van der Waals surface area contributed by atoms with Gasteiger partial charge in [0.2, 0.25) is 0 Å². The highest BCUT2D eigenvalue weighted by molar-refractivity contribution is 5.44. The molecule has 0 aromatic heterocycles. The zero-order chi connectivity index (χ0) is 13.5. The highest BCUT2D eigenvalue weighted by Crippen LogP contribution is 2.12. The van der Waals surface area contributed by atoms with Crippen LogP contribution in [0.4, 0.5) is 21.5 Å². The Morgan fingerprint density at radius 1 is 0.889 bits per heavy atom. The molecule has 0 aliphatic carbocycles. The number of non-ortho nitro benzene ring substituents is 1. The minimum atomic E-state index is -0.459. The van der Waals surface area contributed by atoms with E-state index < -0.39 is 4.92 Å². The smallest absolute Gasteiger partial charge is 0.269 e. The molecule has 0 amide bonds. The predicted octanol–water partition coefficient (Wildman–Crippen LogP) is 2.58. The van der Waals surface area contributed by atoms with Crippen LogP contribution in [0, 0.1) is 15.9 Å². The summed E-state index contributed by atoms with van der Waals surface area (Å²) in [6.45, 7) is 0. The first-order valence-electron chi connectivity index (χ1n) is 5.00. The van der Waals surface area contributed by atoms with Crippen LogP contribution >= 0.6 is 0 Å². The number of nitrogens with zero attached hydrogens (tertiary/aromatic N) is 1. The normalized spacial score (nSPS) is 9.17. The van der Waals surface area contributed by atoms with Crippen molar-refractivity contribution >= 4 is 17.1 Å². The lowest BCUT2D eigenvalue weighted by Crippen LogP contribution is -1.88. The maximum atomic E-state index is 12.0. The van der Waals surface area contributed by atoms with Crippen LogP contribution in [0.3, 0.4) is 0 Å². The van der Waals surface area contributed by atoms with Gasteiger partial charge in [-0.2, -0.15) is 0 Å². The zero-order valence-electron chi connectivity index (χ0n) is 9.42. The molecule has 2 aromatic carbocycles. The van der Waals surface area contributed by atoms with Crippen molar-refractivity contribution in [2.45, 2.75) is 0 Å². The van der Waals surface area contributed by atoms with Crippen LogP contribution in [0.15, 0.2) is 48.5 Å². The van der Waals surface area contributed by atoms with Crippen molar-refractivity contribution in [3.8, 4) is 0 Å². The van der Waals surface area contributed by atoms with Gasteiger partial charge in [0.15, 0.2) is 0 Å². The fourth-order valence-electron chi connectivity index (χ4n) is 1.06. The van der Waals surface area contributed by atoms with Crippen molar-refractivity contribution in [3.05, 3.63) is 64.5 Å². The molecule has 4 N–H and O–H groups in total. The number of hydrogen-bond donors (Lipinski definition) is 2. The molecule has 0 radical (unpaired) electrons. The van der Waals surface area contributed by atoms with Gasteiger partial charge in [0.05, 0.1) is 4.92 Å². The van der Waals surface area contributed by atoms with Gasteiger partial charge in [-0.05, 0) is 36.4 Å². The fraction of sp³-hybridized carbons (Fsp3) is 0. The second kappa shape index (κ2) is 6.19. The highest BCUT2D eigenvalue weighted by Gasteiger charge is 2.00. The van der Waals surface area contributed by atoms with E-state index in [1.807, 2.05) is 0 Å². The van der Waals surface area contributed by atoms with E-state index >= 15 is 0 Å². The molecule has 2 aromatic rings. The summed E-state index contributed by atoms with van der Waals surface area (Å²) in [6, 6.07) is 11.4. The molecule has 18 heavy (non-hydrogen) atoms. The third-order valence-corrected chi connectivity index (χ3v) is 1.97. The molecule has 0 atom stereocenters. The number of nitro benzene ring substituents is 1. The van der Waals surface area contributed by atoms with Gasteiger partial charge in [0.1, 0.15) is 5.82 Å². The predicted molar refractivity (Wildman–Crippen MR) is 68.3 cm³/mol. The molecule has 0 bridgehead atoms. The zero-order valence-corrected chi connectivity index (χ0v) is 9.42. The minimum Gasteiger partial charge on any atom is -0.399 e. The number of rotatable bonds is 1. The summed E-state index contributed by atoms with van der Waals surface area (Å²) in [4.78, 5) is 9.62. The summed E-state index contributed by atoms with van der Waals surface area (Å²) in [5.41, 5.74) is 11.8.